The lowest BCUT2D eigenvalue weighted by Gasteiger charge is -2.12. The standard InChI is InChI=1S/C14H19NO6S/c1-4-20-14(17)10(2)21-13(16)9-11-5-7-12(8-6-11)22(18,19)15-3/h5-8,10,15H,4,9H2,1-3H3/t10-/m0/s1. The Balaban J connectivity index is 2.64. The molecular formula is C14H19NO6S. The molecule has 1 rings (SSSR count). The van der Waals surface area contributed by atoms with Crippen molar-refractivity contribution in [1.82, 2.24) is 4.72 Å². The van der Waals surface area contributed by atoms with Crippen LogP contribution < -0.4 is 4.72 Å². The predicted octanol–water partition coefficient (Wildman–Crippen LogP) is 0.632. The van der Waals surface area contributed by atoms with E-state index in [9.17, 15) is 18.0 Å². The molecule has 1 N–H and O–H groups in total. The van der Waals surface area contributed by atoms with Crippen molar-refractivity contribution in [2.75, 3.05) is 13.7 Å². The summed E-state index contributed by atoms with van der Waals surface area (Å²) >= 11 is 0. The molecule has 1 aromatic carbocycles. The third-order valence-electron chi connectivity index (χ3n) is 2.78. The molecular weight excluding hydrogens is 310 g/mol. The summed E-state index contributed by atoms with van der Waals surface area (Å²) in [6, 6.07) is 5.81. The molecule has 0 aliphatic rings. The van der Waals surface area contributed by atoms with Crippen LogP contribution in [0.3, 0.4) is 0 Å². The lowest BCUT2D eigenvalue weighted by molar-refractivity contribution is -0.165. The maximum absolute atomic E-state index is 11.7. The van der Waals surface area contributed by atoms with Gasteiger partial charge in [-0.3, -0.25) is 4.79 Å². The Morgan fingerprint density at radius 1 is 1.23 bits per heavy atom. The molecule has 0 radical (unpaired) electrons. The summed E-state index contributed by atoms with van der Waals surface area (Å²) < 4.78 is 35.0. The Morgan fingerprint density at radius 3 is 2.32 bits per heavy atom. The Kier molecular flexibility index (Phi) is 6.51. The maximum Gasteiger partial charge on any atom is 0.347 e. The van der Waals surface area contributed by atoms with Crippen LogP contribution in [0.25, 0.3) is 0 Å². The van der Waals surface area contributed by atoms with Crippen LogP contribution in [0.15, 0.2) is 29.2 Å². The van der Waals surface area contributed by atoms with E-state index in [1.807, 2.05) is 0 Å². The van der Waals surface area contributed by atoms with Crippen LogP contribution in [0.4, 0.5) is 0 Å². The molecule has 0 aliphatic carbocycles. The van der Waals surface area contributed by atoms with E-state index in [0.29, 0.717) is 5.56 Å². The summed E-state index contributed by atoms with van der Waals surface area (Å²) in [5.74, 6) is -1.20. The van der Waals surface area contributed by atoms with Crippen LogP contribution >= 0.6 is 0 Å². The first-order valence-electron chi connectivity index (χ1n) is 6.68. The van der Waals surface area contributed by atoms with Crippen LogP contribution in [0, 0.1) is 0 Å². The predicted molar refractivity (Wildman–Crippen MR) is 78.6 cm³/mol. The zero-order valence-corrected chi connectivity index (χ0v) is 13.5. The summed E-state index contributed by atoms with van der Waals surface area (Å²) in [4.78, 5) is 23.2. The molecule has 0 saturated heterocycles. The topological polar surface area (TPSA) is 98.8 Å². The lowest BCUT2D eigenvalue weighted by Crippen LogP contribution is -2.27. The molecule has 0 heterocycles. The van der Waals surface area contributed by atoms with Gasteiger partial charge in [0, 0.05) is 0 Å². The van der Waals surface area contributed by atoms with Gasteiger partial charge in [-0.1, -0.05) is 12.1 Å². The molecule has 0 amide bonds. The van der Waals surface area contributed by atoms with Crippen LogP contribution in [-0.4, -0.2) is 40.1 Å². The molecule has 0 aromatic heterocycles. The van der Waals surface area contributed by atoms with E-state index in [-0.39, 0.29) is 17.9 Å². The van der Waals surface area contributed by atoms with Crippen molar-refractivity contribution in [3.8, 4) is 0 Å². The summed E-state index contributed by atoms with van der Waals surface area (Å²) in [7, 11) is -2.19. The van der Waals surface area contributed by atoms with Crippen molar-refractivity contribution in [3.05, 3.63) is 29.8 Å². The van der Waals surface area contributed by atoms with E-state index in [2.05, 4.69) is 4.72 Å². The van der Waals surface area contributed by atoms with Gasteiger partial charge < -0.3 is 9.47 Å². The van der Waals surface area contributed by atoms with E-state index in [1.165, 1.54) is 38.2 Å². The van der Waals surface area contributed by atoms with E-state index in [1.54, 1.807) is 6.92 Å². The minimum atomic E-state index is -3.51. The van der Waals surface area contributed by atoms with Crippen LogP contribution in [0.5, 0.6) is 0 Å². The number of esters is 2. The van der Waals surface area contributed by atoms with E-state index < -0.39 is 28.1 Å². The molecule has 22 heavy (non-hydrogen) atoms. The average Bonchev–Trinajstić information content (AvgIpc) is 2.47. The third-order valence-corrected chi connectivity index (χ3v) is 4.21. The quantitative estimate of drug-likeness (QED) is 0.737. The van der Waals surface area contributed by atoms with Crippen LogP contribution in [0.2, 0.25) is 0 Å². The highest BCUT2D eigenvalue weighted by Gasteiger charge is 2.19. The van der Waals surface area contributed by atoms with Crippen molar-refractivity contribution in [2.24, 2.45) is 0 Å². The Morgan fingerprint density at radius 2 is 1.82 bits per heavy atom. The lowest BCUT2D eigenvalue weighted by atomic mass is 10.1. The van der Waals surface area contributed by atoms with Crippen LogP contribution in [-0.2, 0) is 35.5 Å². The number of carbonyl (C=O) groups is 2. The largest absolute Gasteiger partial charge is 0.463 e. The minimum Gasteiger partial charge on any atom is -0.463 e. The molecule has 122 valence electrons. The number of ether oxygens (including phenoxy) is 2. The summed E-state index contributed by atoms with van der Waals surface area (Å²) in [6.07, 6.45) is -1.04. The smallest absolute Gasteiger partial charge is 0.347 e. The van der Waals surface area contributed by atoms with E-state index in [4.69, 9.17) is 9.47 Å². The van der Waals surface area contributed by atoms with Gasteiger partial charge in [-0.25, -0.2) is 17.9 Å². The van der Waals surface area contributed by atoms with Gasteiger partial charge in [-0.2, -0.15) is 0 Å². The number of nitrogens with one attached hydrogen (secondary N) is 1. The SMILES string of the molecule is CCOC(=O)[C@H](C)OC(=O)Cc1ccc(S(=O)(=O)NC)cc1. The Hall–Kier alpha value is -1.93. The first kappa shape index (κ1) is 18.1. The van der Waals surface area contributed by atoms with Crippen molar-refractivity contribution < 1.29 is 27.5 Å². The highest BCUT2D eigenvalue weighted by Crippen LogP contribution is 2.11. The number of rotatable bonds is 7. The Labute approximate surface area is 129 Å². The first-order valence-corrected chi connectivity index (χ1v) is 8.17. The summed E-state index contributed by atoms with van der Waals surface area (Å²) in [5, 5.41) is 0. The second-order valence-corrected chi connectivity index (χ2v) is 6.30. The first-order chi connectivity index (χ1) is 10.3. The fraction of sp³-hybridized carbons (Fsp3) is 0.429. The monoisotopic (exact) mass is 329 g/mol. The molecule has 0 unspecified atom stereocenters. The highest BCUT2D eigenvalue weighted by atomic mass is 32.2. The van der Waals surface area contributed by atoms with Crippen molar-refractivity contribution in [1.29, 1.82) is 0 Å². The number of hydrogen-bond acceptors (Lipinski definition) is 6. The van der Waals surface area contributed by atoms with Crippen molar-refractivity contribution in [2.45, 2.75) is 31.3 Å². The number of sulfonamides is 1. The van der Waals surface area contributed by atoms with Gasteiger partial charge in [0.2, 0.25) is 10.0 Å². The minimum absolute atomic E-state index is 0.0658. The molecule has 0 saturated carbocycles. The normalized spacial score (nSPS) is 12.5. The molecule has 7 nitrogen and oxygen atoms in total. The fourth-order valence-electron chi connectivity index (χ4n) is 1.62. The zero-order chi connectivity index (χ0) is 16.8. The molecule has 0 bridgehead atoms. The number of hydrogen-bond donors (Lipinski definition) is 1. The van der Waals surface area contributed by atoms with Gasteiger partial charge in [0.15, 0.2) is 6.10 Å². The van der Waals surface area contributed by atoms with Crippen LogP contribution in [0.1, 0.15) is 19.4 Å². The molecule has 0 fully saturated rings. The second-order valence-electron chi connectivity index (χ2n) is 4.41. The molecule has 8 heteroatoms. The van der Waals surface area contributed by atoms with Crippen molar-refractivity contribution in [3.63, 3.8) is 0 Å². The highest BCUT2D eigenvalue weighted by molar-refractivity contribution is 7.89. The van der Waals surface area contributed by atoms with Gasteiger partial charge in [0.25, 0.3) is 0 Å². The summed E-state index contributed by atoms with van der Waals surface area (Å²) in [5.41, 5.74) is 0.580. The van der Waals surface area contributed by atoms with Crippen molar-refractivity contribution >= 4 is 22.0 Å². The molecule has 0 spiro atoms. The Bertz CT molecular complexity index is 623. The van der Waals surface area contributed by atoms with Gasteiger partial charge in [-0.05, 0) is 38.6 Å². The maximum atomic E-state index is 11.7. The number of benzene rings is 1. The van der Waals surface area contributed by atoms with Gasteiger partial charge >= 0.3 is 11.9 Å². The van der Waals surface area contributed by atoms with Gasteiger partial charge in [0.05, 0.1) is 17.9 Å². The average molecular weight is 329 g/mol. The summed E-state index contributed by atoms with van der Waals surface area (Å²) in [6.45, 7) is 3.30. The zero-order valence-electron chi connectivity index (χ0n) is 12.7. The molecule has 0 aliphatic heterocycles. The number of carbonyl (C=O) groups excluding carboxylic acids is 2. The van der Waals surface area contributed by atoms with Gasteiger partial charge in [0.1, 0.15) is 0 Å². The molecule has 1 aromatic rings. The van der Waals surface area contributed by atoms with E-state index in [0.717, 1.165) is 0 Å². The second kappa shape index (κ2) is 7.90. The fourth-order valence-corrected chi connectivity index (χ4v) is 2.35. The van der Waals surface area contributed by atoms with E-state index >= 15 is 0 Å². The molecule has 1 atom stereocenters. The third kappa shape index (κ3) is 5.12. The van der Waals surface area contributed by atoms with Gasteiger partial charge in [-0.15, -0.1) is 0 Å².